The highest BCUT2D eigenvalue weighted by atomic mass is 16.5. The Morgan fingerprint density at radius 1 is 1.09 bits per heavy atom. The molecule has 178 valence electrons. The maximum Gasteiger partial charge on any atom is 0.407 e. The summed E-state index contributed by atoms with van der Waals surface area (Å²) in [5.41, 5.74) is 6.74. The second kappa shape index (κ2) is 9.54. The minimum absolute atomic E-state index is 0.0497. The summed E-state index contributed by atoms with van der Waals surface area (Å²) in [6.07, 6.45) is -0.966. The van der Waals surface area contributed by atoms with Crippen LogP contribution >= 0.6 is 0 Å². The van der Waals surface area contributed by atoms with Crippen molar-refractivity contribution in [3.05, 3.63) is 59.7 Å². The molecule has 2 atom stereocenters. The highest BCUT2D eigenvalue weighted by Crippen LogP contribution is 2.44. The Hall–Kier alpha value is -3.88. The molecule has 1 saturated heterocycles. The molecule has 4 rings (SSSR count). The topological polar surface area (TPSA) is 125 Å². The van der Waals surface area contributed by atoms with E-state index in [1.807, 2.05) is 36.4 Å². The van der Waals surface area contributed by atoms with E-state index in [1.165, 1.54) is 0 Å². The van der Waals surface area contributed by atoms with Crippen LogP contribution in [0.1, 0.15) is 37.3 Å². The molecule has 1 fully saturated rings. The molecule has 0 radical (unpaired) electrons. The number of carboxylic acid groups (broad SMARTS) is 1. The number of carboxylic acids is 1. The Morgan fingerprint density at radius 2 is 1.68 bits per heavy atom. The number of nitrogens with one attached hydrogen (secondary N) is 2. The molecule has 0 aromatic heterocycles. The number of carbonyl (C=O) groups excluding carboxylic acids is 3. The summed E-state index contributed by atoms with van der Waals surface area (Å²) in [5, 5.41) is 12.8. The van der Waals surface area contributed by atoms with E-state index in [1.54, 1.807) is 13.8 Å². The molecule has 0 saturated carbocycles. The van der Waals surface area contributed by atoms with Crippen LogP contribution in [0.4, 0.5) is 4.79 Å². The van der Waals surface area contributed by atoms with Gasteiger partial charge in [-0.2, -0.15) is 0 Å². The van der Waals surface area contributed by atoms with E-state index < -0.39 is 35.8 Å². The van der Waals surface area contributed by atoms with Crippen molar-refractivity contribution in [3.8, 4) is 11.1 Å². The van der Waals surface area contributed by atoms with Gasteiger partial charge >= 0.3 is 12.1 Å². The van der Waals surface area contributed by atoms with E-state index in [9.17, 15) is 24.3 Å². The van der Waals surface area contributed by atoms with Crippen LogP contribution in [-0.2, 0) is 19.1 Å². The number of hydrogen-bond donors (Lipinski definition) is 3. The molecule has 3 N–H and O–H groups in total. The molecule has 1 aliphatic carbocycles. The average molecular weight is 466 g/mol. The van der Waals surface area contributed by atoms with Gasteiger partial charge in [0.2, 0.25) is 11.8 Å². The Balaban J connectivity index is 1.38. The predicted molar refractivity (Wildman–Crippen MR) is 122 cm³/mol. The number of rotatable bonds is 7. The van der Waals surface area contributed by atoms with Crippen LogP contribution in [0, 0.1) is 11.8 Å². The Bertz CT molecular complexity index is 1090. The van der Waals surface area contributed by atoms with Crippen molar-refractivity contribution in [2.45, 2.75) is 32.2 Å². The number of carbonyl (C=O) groups is 4. The van der Waals surface area contributed by atoms with Gasteiger partial charge in [-0.3, -0.25) is 15.0 Å². The second-order valence-corrected chi connectivity index (χ2v) is 8.86. The fourth-order valence-electron chi connectivity index (χ4n) is 4.56. The van der Waals surface area contributed by atoms with Crippen molar-refractivity contribution in [2.75, 3.05) is 13.2 Å². The van der Waals surface area contributed by atoms with Crippen molar-refractivity contribution >= 4 is 23.9 Å². The minimum atomic E-state index is -1.27. The Kier molecular flexibility index (Phi) is 6.54. The lowest BCUT2D eigenvalue weighted by atomic mass is 9.94. The molecular weight excluding hydrogens is 438 g/mol. The van der Waals surface area contributed by atoms with Gasteiger partial charge < -0.3 is 15.2 Å². The van der Waals surface area contributed by atoms with Crippen molar-refractivity contribution in [1.82, 2.24) is 15.8 Å². The zero-order valence-electron chi connectivity index (χ0n) is 19.0. The van der Waals surface area contributed by atoms with E-state index in [0.717, 1.165) is 27.3 Å². The first-order chi connectivity index (χ1) is 16.3. The van der Waals surface area contributed by atoms with E-state index in [4.69, 9.17) is 4.74 Å². The molecule has 1 heterocycles. The lowest BCUT2D eigenvalue weighted by Crippen LogP contribution is -2.52. The van der Waals surface area contributed by atoms with E-state index >= 15 is 0 Å². The lowest BCUT2D eigenvalue weighted by Gasteiger charge is -2.28. The monoisotopic (exact) mass is 465 g/mol. The standard InChI is InChI=1S/C25H27N3O6/c1-14(2)19(23(30)28-21(24(31)32)11-22(29)27-28)12-26-25(33)34-13-20-17-9-5-3-7-15(17)16-8-4-6-10-18(16)20/h3-10,14,19-21H,11-13H2,1-2H3,(H,26,33)(H,27,29)(H,31,32). The summed E-state index contributed by atoms with van der Waals surface area (Å²) in [6, 6.07) is 14.8. The summed E-state index contributed by atoms with van der Waals surface area (Å²) in [5.74, 6) is -3.40. The second-order valence-electron chi connectivity index (χ2n) is 8.86. The third kappa shape index (κ3) is 4.46. The van der Waals surface area contributed by atoms with Crippen LogP contribution in [0.3, 0.4) is 0 Å². The van der Waals surface area contributed by atoms with Gasteiger partial charge in [0.05, 0.1) is 12.3 Å². The maximum atomic E-state index is 13.0. The lowest BCUT2D eigenvalue weighted by molar-refractivity contribution is -0.153. The van der Waals surface area contributed by atoms with E-state index in [0.29, 0.717) is 0 Å². The normalized spacial score (nSPS) is 17.7. The predicted octanol–water partition coefficient (Wildman–Crippen LogP) is 2.51. The molecule has 2 aromatic rings. The molecule has 9 heteroatoms. The summed E-state index contributed by atoms with van der Waals surface area (Å²) in [7, 11) is 0. The third-order valence-electron chi connectivity index (χ3n) is 6.39. The minimum Gasteiger partial charge on any atom is -0.480 e. The zero-order valence-corrected chi connectivity index (χ0v) is 19.0. The molecule has 2 aliphatic rings. The van der Waals surface area contributed by atoms with Gasteiger partial charge in [0, 0.05) is 12.5 Å². The van der Waals surface area contributed by atoms with E-state index in [2.05, 4.69) is 22.9 Å². The fourth-order valence-corrected chi connectivity index (χ4v) is 4.56. The quantitative estimate of drug-likeness (QED) is 0.577. The van der Waals surface area contributed by atoms with Gasteiger partial charge in [-0.25, -0.2) is 14.6 Å². The molecule has 2 unspecified atom stereocenters. The van der Waals surface area contributed by atoms with Crippen molar-refractivity contribution < 1.29 is 29.0 Å². The highest BCUT2D eigenvalue weighted by Gasteiger charge is 2.42. The van der Waals surface area contributed by atoms with Gasteiger partial charge in [0.25, 0.3) is 0 Å². The number of alkyl carbamates (subject to hydrolysis) is 1. The number of hydrazine groups is 1. The number of amides is 3. The highest BCUT2D eigenvalue weighted by molar-refractivity contribution is 5.94. The molecule has 9 nitrogen and oxygen atoms in total. The van der Waals surface area contributed by atoms with Crippen LogP contribution in [0.15, 0.2) is 48.5 Å². The first kappa shape index (κ1) is 23.3. The SMILES string of the molecule is CC(C)C(CNC(=O)OCC1c2ccccc2-c2ccccc21)C(=O)N1NC(=O)CC1C(=O)O. The van der Waals surface area contributed by atoms with E-state index in [-0.39, 0.29) is 31.4 Å². The van der Waals surface area contributed by atoms with Crippen molar-refractivity contribution in [3.63, 3.8) is 0 Å². The van der Waals surface area contributed by atoms with Gasteiger partial charge in [-0.15, -0.1) is 0 Å². The summed E-state index contributed by atoms with van der Waals surface area (Å²) in [6.45, 7) is 3.67. The third-order valence-corrected chi connectivity index (χ3v) is 6.39. The van der Waals surface area contributed by atoms with Crippen LogP contribution in [0.25, 0.3) is 11.1 Å². The zero-order chi connectivity index (χ0) is 24.4. The average Bonchev–Trinajstić information content (AvgIpc) is 3.36. The molecule has 34 heavy (non-hydrogen) atoms. The molecular formula is C25H27N3O6. The first-order valence-electron chi connectivity index (χ1n) is 11.2. The summed E-state index contributed by atoms with van der Waals surface area (Å²) >= 11 is 0. The van der Waals surface area contributed by atoms with Crippen molar-refractivity contribution in [2.24, 2.45) is 11.8 Å². The number of nitrogens with zero attached hydrogens (tertiary/aromatic N) is 1. The fraction of sp³-hybridized carbons (Fsp3) is 0.360. The number of ether oxygens (including phenoxy) is 1. The van der Waals surface area contributed by atoms with Gasteiger partial charge in [-0.1, -0.05) is 62.4 Å². The Labute approximate surface area is 197 Å². The number of fused-ring (bicyclic) bond motifs is 3. The summed E-state index contributed by atoms with van der Waals surface area (Å²) < 4.78 is 5.51. The first-order valence-corrected chi connectivity index (χ1v) is 11.2. The van der Waals surface area contributed by atoms with Crippen molar-refractivity contribution in [1.29, 1.82) is 0 Å². The molecule has 2 aromatic carbocycles. The molecule has 1 aliphatic heterocycles. The van der Waals surface area contributed by atoms with Crippen LogP contribution in [-0.4, -0.2) is 53.2 Å². The van der Waals surface area contributed by atoms with Gasteiger partial charge in [0.15, 0.2) is 6.04 Å². The molecule has 3 amide bonds. The smallest absolute Gasteiger partial charge is 0.407 e. The van der Waals surface area contributed by atoms with Gasteiger partial charge in [-0.05, 0) is 28.2 Å². The largest absolute Gasteiger partial charge is 0.480 e. The van der Waals surface area contributed by atoms with Crippen LogP contribution in [0.2, 0.25) is 0 Å². The van der Waals surface area contributed by atoms with Crippen LogP contribution < -0.4 is 10.7 Å². The van der Waals surface area contributed by atoms with Crippen LogP contribution in [0.5, 0.6) is 0 Å². The number of aliphatic carboxylic acids is 1. The maximum absolute atomic E-state index is 13.0. The molecule has 0 spiro atoms. The summed E-state index contributed by atoms with van der Waals surface area (Å²) in [4.78, 5) is 48.5. The number of benzene rings is 2. The number of hydrogen-bond acceptors (Lipinski definition) is 5. The Morgan fingerprint density at radius 3 is 2.24 bits per heavy atom. The molecule has 0 bridgehead atoms. The van der Waals surface area contributed by atoms with Gasteiger partial charge in [0.1, 0.15) is 6.61 Å².